The van der Waals surface area contributed by atoms with Gasteiger partial charge in [-0.2, -0.15) is 0 Å². The van der Waals surface area contributed by atoms with Gasteiger partial charge in [-0.05, 0) is 48.7 Å². The lowest BCUT2D eigenvalue weighted by molar-refractivity contribution is 0.0951. The van der Waals surface area contributed by atoms with Crippen molar-refractivity contribution >= 4 is 29.3 Å². The molecule has 1 aliphatic rings. The molecule has 29 heavy (non-hydrogen) atoms. The summed E-state index contributed by atoms with van der Waals surface area (Å²) in [6.07, 6.45) is 2.16. The molecule has 3 aromatic rings. The molecule has 6 nitrogen and oxygen atoms in total. The van der Waals surface area contributed by atoms with Crippen molar-refractivity contribution in [3.8, 4) is 5.69 Å². The summed E-state index contributed by atoms with van der Waals surface area (Å²) in [5.41, 5.74) is 2.69. The molecule has 1 N–H and O–H groups in total. The second-order valence-corrected chi connectivity index (χ2v) is 8.26. The number of halogens is 1. The predicted octanol–water partition coefficient (Wildman–Crippen LogP) is 4.25. The van der Waals surface area contributed by atoms with Gasteiger partial charge >= 0.3 is 0 Å². The van der Waals surface area contributed by atoms with Crippen LogP contribution in [0.4, 0.5) is 0 Å². The zero-order valence-corrected chi connectivity index (χ0v) is 17.5. The summed E-state index contributed by atoms with van der Waals surface area (Å²) in [4.78, 5) is 12.1. The monoisotopic (exact) mass is 428 g/mol. The van der Waals surface area contributed by atoms with Crippen LogP contribution < -0.4 is 5.32 Å². The van der Waals surface area contributed by atoms with Gasteiger partial charge in [-0.15, -0.1) is 10.2 Å². The third-order valence-corrected chi connectivity index (χ3v) is 5.77. The Labute approximate surface area is 178 Å². The summed E-state index contributed by atoms with van der Waals surface area (Å²) >= 11 is 7.74. The van der Waals surface area contributed by atoms with Crippen LogP contribution in [-0.2, 0) is 17.1 Å². The van der Waals surface area contributed by atoms with Gasteiger partial charge in [0, 0.05) is 29.5 Å². The largest absolute Gasteiger partial charge is 0.377 e. The molecule has 0 radical (unpaired) electrons. The minimum Gasteiger partial charge on any atom is -0.377 e. The van der Waals surface area contributed by atoms with Gasteiger partial charge in [0.05, 0.1) is 5.69 Å². The molecular formula is C21H21ClN4O2S. The average molecular weight is 429 g/mol. The predicted molar refractivity (Wildman–Crippen MR) is 114 cm³/mol. The summed E-state index contributed by atoms with van der Waals surface area (Å²) in [6.45, 7) is 0.352. The van der Waals surface area contributed by atoms with Crippen LogP contribution in [0.25, 0.3) is 5.69 Å². The normalized spacial score (nSPS) is 13.4. The van der Waals surface area contributed by atoms with Crippen molar-refractivity contribution in [1.82, 2.24) is 20.1 Å². The third-order valence-electron chi connectivity index (χ3n) is 4.54. The quantitative estimate of drug-likeness (QED) is 0.543. The number of nitrogens with one attached hydrogen (secondary N) is 1. The number of nitrogens with zero attached hydrogens (tertiary/aromatic N) is 3. The maximum atomic E-state index is 12.1. The Kier molecular flexibility index (Phi) is 6.18. The van der Waals surface area contributed by atoms with Crippen LogP contribution in [0.2, 0.25) is 5.02 Å². The Morgan fingerprint density at radius 1 is 1.24 bits per heavy atom. The van der Waals surface area contributed by atoms with Gasteiger partial charge in [-0.3, -0.25) is 9.36 Å². The van der Waals surface area contributed by atoms with Crippen LogP contribution in [0.5, 0.6) is 0 Å². The Bertz CT molecular complexity index is 1000. The van der Waals surface area contributed by atoms with E-state index in [9.17, 15) is 4.79 Å². The Morgan fingerprint density at radius 2 is 2.03 bits per heavy atom. The van der Waals surface area contributed by atoms with E-state index in [0.717, 1.165) is 29.2 Å². The van der Waals surface area contributed by atoms with Crippen molar-refractivity contribution in [3.63, 3.8) is 0 Å². The molecule has 8 heteroatoms. The fraction of sp³-hybridized carbons (Fsp3) is 0.286. The molecule has 1 amide bonds. The molecule has 150 valence electrons. The van der Waals surface area contributed by atoms with E-state index in [1.54, 1.807) is 18.9 Å². The fourth-order valence-electron chi connectivity index (χ4n) is 2.89. The summed E-state index contributed by atoms with van der Waals surface area (Å²) in [7, 11) is 1.63. The smallest absolute Gasteiger partial charge is 0.251 e. The van der Waals surface area contributed by atoms with E-state index < -0.39 is 0 Å². The molecular weight excluding hydrogens is 408 g/mol. The first kappa shape index (κ1) is 19.9. The number of carbonyl (C=O) groups excluding carboxylic acids is 1. The average Bonchev–Trinajstić information content (AvgIpc) is 3.45. The summed E-state index contributed by atoms with van der Waals surface area (Å²) in [6, 6.07) is 15.6. The van der Waals surface area contributed by atoms with Crippen molar-refractivity contribution in [1.29, 1.82) is 0 Å². The van der Waals surface area contributed by atoms with Crippen molar-refractivity contribution in [2.24, 2.45) is 0 Å². The standard InChI is InChI=1S/C21H21ClN4O2S/c1-28-12-19-24-25-21(26(19)18-4-2-3-16(22)11-18)29-13-14-5-7-15(8-6-14)20(27)23-17-9-10-17/h2-8,11,17H,9-10,12-13H2,1H3,(H,23,27). The molecule has 0 bridgehead atoms. The molecule has 1 saturated carbocycles. The molecule has 2 aromatic carbocycles. The highest BCUT2D eigenvalue weighted by molar-refractivity contribution is 7.98. The molecule has 0 unspecified atom stereocenters. The number of hydrogen-bond donors (Lipinski definition) is 1. The van der Waals surface area contributed by atoms with Gasteiger partial charge in [0.2, 0.25) is 0 Å². The first-order chi connectivity index (χ1) is 14.1. The zero-order valence-electron chi connectivity index (χ0n) is 16.0. The van der Waals surface area contributed by atoms with Gasteiger partial charge in [-0.25, -0.2) is 0 Å². The van der Waals surface area contributed by atoms with Crippen LogP contribution in [0.1, 0.15) is 34.6 Å². The van der Waals surface area contributed by atoms with Gasteiger partial charge in [0.15, 0.2) is 11.0 Å². The van der Waals surface area contributed by atoms with E-state index in [-0.39, 0.29) is 5.91 Å². The first-order valence-electron chi connectivity index (χ1n) is 9.36. The summed E-state index contributed by atoms with van der Waals surface area (Å²) in [5, 5.41) is 13.0. The highest BCUT2D eigenvalue weighted by Gasteiger charge is 2.23. The lowest BCUT2D eigenvalue weighted by Gasteiger charge is -2.10. The molecule has 0 aliphatic heterocycles. The number of methoxy groups -OCH3 is 1. The minimum absolute atomic E-state index is 0.00314. The molecule has 1 aromatic heterocycles. The number of rotatable bonds is 8. The topological polar surface area (TPSA) is 69.0 Å². The number of thioether (sulfide) groups is 1. The zero-order chi connectivity index (χ0) is 20.2. The van der Waals surface area contributed by atoms with Gasteiger partial charge < -0.3 is 10.1 Å². The molecule has 1 aliphatic carbocycles. The number of ether oxygens (including phenoxy) is 1. The second kappa shape index (κ2) is 8.98. The van der Waals surface area contributed by atoms with E-state index in [0.29, 0.717) is 34.8 Å². The van der Waals surface area contributed by atoms with E-state index in [1.807, 2.05) is 53.1 Å². The van der Waals surface area contributed by atoms with E-state index in [4.69, 9.17) is 16.3 Å². The molecule has 4 rings (SSSR count). The number of amides is 1. The van der Waals surface area contributed by atoms with E-state index >= 15 is 0 Å². The van der Waals surface area contributed by atoms with Crippen LogP contribution in [0.15, 0.2) is 53.7 Å². The Morgan fingerprint density at radius 3 is 2.72 bits per heavy atom. The maximum Gasteiger partial charge on any atom is 0.251 e. The molecule has 1 fully saturated rings. The molecule has 0 saturated heterocycles. The SMILES string of the molecule is COCc1nnc(SCc2ccc(C(=O)NC3CC3)cc2)n1-c1cccc(Cl)c1. The lowest BCUT2D eigenvalue weighted by Crippen LogP contribution is -2.25. The van der Waals surface area contributed by atoms with E-state index in [1.165, 1.54) is 0 Å². The molecule has 1 heterocycles. The van der Waals surface area contributed by atoms with Gasteiger partial charge in [0.1, 0.15) is 6.61 Å². The Balaban J connectivity index is 1.48. The van der Waals surface area contributed by atoms with Crippen molar-refractivity contribution in [2.45, 2.75) is 36.4 Å². The number of aromatic nitrogens is 3. The minimum atomic E-state index is -0.00314. The Hall–Kier alpha value is -2.35. The fourth-order valence-corrected chi connectivity index (χ4v) is 4.00. The summed E-state index contributed by atoms with van der Waals surface area (Å²) in [5.74, 6) is 1.41. The first-order valence-corrected chi connectivity index (χ1v) is 10.7. The van der Waals surface area contributed by atoms with Gasteiger partial charge in [-0.1, -0.05) is 41.6 Å². The molecule has 0 atom stereocenters. The lowest BCUT2D eigenvalue weighted by atomic mass is 10.1. The maximum absolute atomic E-state index is 12.1. The second-order valence-electron chi connectivity index (χ2n) is 6.88. The number of carbonyl (C=O) groups is 1. The van der Waals surface area contributed by atoms with Gasteiger partial charge in [0.25, 0.3) is 5.91 Å². The highest BCUT2D eigenvalue weighted by Crippen LogP contribution is 2.27. The van der Waals surface area contributed by atoms with Crippen LogP contribution in [-0.4, -0.2) is 33.8 Å². The van der Waals surface area contributed by atoms with Crippen molar-refractivity contribution in [3.05, 3.63) is 70.5 Å². The van der Waals surface area contributed by atoms with Crippen molar-refractivity contribution < 1.29 is 9.53 Å². The van der Waals surface area contributed by atoms with Crippen molar-refractivity contribution in [2.75, 3.05) is 7.11 Å². The number of hydrogen-bond acceptors (Lipinski definition) is 5. The molecule has 0 spiro atoms. The van der Waals surface area contributed by atoms with Crippen LogP contribution in [0, 0.1) is 0 Å². The third kappa shape index (κ3) is 4.98. The highest BCUT2D eigenvalue weighted by atomic mass is 35.5. The number of benzene rings is 2. The summed E-state index contributed by atoms with van der Waals surface area (Å²) < 4.78 is 7.22. The van der Waals surface area contributed by atoms with E-state index in [2.05, 4.69) is 15.5 Å². The van der Waals surface area contributed by atoms with Crippen LogP contribution in [0.3, 0.4) is 0 Å². The van der Waals surface area contributed by atoms with Crippen LogP contribution >= 0.6 is 23.4 Å².